The Bertz CT molecular complexity index is 739. The summed E-state index contributed by atoms with van der Waals surface area (Å²) in [6, 6.07) is 5.22. The summed E-state index contributed by atoms with van der Waals surface area (Å²) in [5, 5.41) is 6.52. The number of rotatable bonds is 6. The Hall–Kier alpha value is -2.02. The Kier molecular flexibility index (Phi) is 6.47. The van der Waals surface area contributed by atoms with Crippen molar-refractivity contribution >= 4 is 17.7 Å². The molecule has 0 radical (unpaired) electrons. The first kappa shape index (κ1) is 19.3. The van der Waals surface area contributed by atoms with Crippen molar-refractivity contribution in [2.75, 3.05) is 19.8 Å². The number of nitrogens with zero attached hydrogens (tertiary/aromatic N) is 3. The highest BCUT2D eigenvalue weighted by Crippen LogP contribution is 2.19. The van der Waals surface area contributed by atoms with Gasteiger partial charge in [-0.25, -0.2) is 9.37 Å². The van der Waals surface area contributed by atoms with E-state index in [1.807, 2.05) is 13.0 Å². The van der Waals surface area contributed by atoms with Crippen LogP contribution in [0.4, 0.5) is 4.39 Å². The monoisotopic (exact) mass is 363 g/mol. The zero-order chi connectivity index (χ0) is 18.4. The van der Waals surface area contributed by atoms with E-state index in [2.05, 4.69) is 40.7 Å². The molecule has 2 N–H and O–H groups in total. The van der Waals surface area contributed by atoms with E-state index >= 15 is 0 Å². The molecule has 136 valence electrons. The van der Waals surface area contributed by atoms with Crippen LogP contribution in [0, 0.1) is 12.7 Å². The number of imidazole rings is 1. The van der Waals surface area contributed by atoms with Gasteiger partial charge in [-0.3, -0.25) is 4.99 Å². The first-order chi connectivity index (χ1) is 11.9. The van der Waals surface area contributed by atoms with E-state index < -0.39 is 0 Å². The van der Waals surface area contributed by atoms with Crippen LogP contribution in [0.3, 0.4) is 0 Å². The molecular weight excluding hydrogens is 337 g/mol. The minimum atomic E-state index is -0.271. The molecule has 0 atom stereocenters. The van der Waals surface area contributed by atoms with E-state index in [4.69, 9.17) is 0 Å². The summed E-state index contributed by atoms with van der Waals surface area (Å²) < 4.78 is 16.3. The number of halogens is 1. The summed E-state index contributed by atoms with van der Waals surface area (Å²) in [7, 11) is 1.73. The van der Waals surface area contributed by atoms with Crippen molar-refractivity contribution in [3.05, 3.63) is 47.8 Å². The molecule has 5 nitrogen and oxygen atoms in total. The van der Waals surface area contributed by atoms with Gasteiger partial charge in [0.15, 0.2) is 5.96 Å². The Morgan fingerprint density at radius 3 is 2.68 bits per heavy atom. The van der Waals surface area contributed by atoms with Gasteiger partial charge >= 0.3 is 0 Å². The van der Waals surface area contributed by atoms with E-state index in [9.17, 15) is 4.39 Å². The van der Waals surface area contributed by atoms with Crippen LogP contribution in [0.2, 0.25) is 0 Å². The summed E-state index contributed by atoms with van der Waals surface area (Å²) in [6.45, 7) is 7.48. The summed E-state index contributed by atoms with van der Waals surface area (Å²) in [4.78, 5) is 8.34. The van der Waals surface area contributed by atoms with Crippen molar-refractivity contribution in [3.8, 4) is 5.69 Å². The third-order valence-electron chi connectivity index (χ3n) is 4.02. The van der Waals surface area contributed by atoms with E-state index in [1.165, 1.54) is 0 Å². The zero-order valence-electron chi connectivity index (χ0n) is 15.4. The van der Waals surface area contributed by atoms with Gasteiger partial charge in [0.2, 0.25) is 0 Å². The Labute approximate surface area is 153 Å². The number of benzene rings is 1. The number of aromatic nitrogens is 2. The molecule has 0 aliphatic heterocycles. The molecule has 0 spiro atoms. The number of guanidine groups is 1. The maximum absolute atomic E-state index is 14.4. The third kappa shape index (κ3) is 5.22. The highest BCUT2D eigenvalue weighted by molar-refractivity contribution is 7.99. The lowest BCUT2D eigenvalue weighted by Gasteiger charge is -2.23. The number of hydrogen-bond donors (Lipinski definition) is 2. The van der Waals surface area contributed by atoms with Crippen LogP contribution in [0.25, 0.3) is 5.69 Å². The molecule has 2 aromatic rings. The third-order valence-corrected chi connectivity index (χ3v) is 5.26. The highest BCUT2D eigenvalue weighted by Gasteiger charge is 2.16. The van der Waals surface area contributed by atoms with Gasteiger partial charge in [-0.1, -0.05) is 6.07 Å². The second-order valence-electron chi connectivity index (χ2n) is 6.37. The first-order valence-electron chi connectivity index (χ1n) is 8.14. The minimum absolute atomic E-state index is 0.119. The lowest BCUT2D eigenvalue weighted by Crippen LogP contribution is -2.43. The molecule has 0 saturated heterocycles. The SMILES string of the molecule is CN=C(NCc1ccc(-n2ccnc2C)c(F)c1)NCC(C)(C)SC. The number of hydrogen-bond acceptors (Lipinski definition) is 3. The summed E-state index contributed by atoms with van der Waals surface area (Å²) in [5.41, 5.74) is 1.36. The molecule has 0 saturated carbocycles. The molecule has 1 aromatic heterocycles. The molecule has 0 aliphatic carbocycles. The molecule has 2 rings (SSSR count). The molecule has 1 aromatic carbocycles. The number of aryl methyl sites for hydroxylation is 1. The zero-order valence-corrected chi connectivity index (χ0v) is 16.2. The molecular formula is C18H26FN5S. The fourth-order valence-corrected chi connectivity index (χ4v) is 2.48. The second kappa shape index (κ2) is 8.38. The van der Waals surface area contributed by atoms with Crippen molar-refractivity contribution in [3.63, 3.8) is 0 Å². The molecule has 0 bridgehead atoms. The van der Waals surface area contributed by atoms with Gasteiger partial charge in [0.1, 0.15) is 11.6 Å². The Morgan fingerprint density at radius 2 is 2.12 bits per heavy atom. The van der Waals surface area contributed by atoms with Crippen molar-refractivity contribution in [2.24, 2.45) is 4.99 Å². The molecule has 0 unspecified atom stereocenters. The smallest absolute Gasteiger partial charge is 0.191 e. The van der Waals surface area contributed by atoms with Crippen LogP contribution in [0.5, 0.6) is 0 Å². The summed E-state index contributed by atoms with van der Waals surface area (Å²) in [5.74, 6) is 1.19. The van der Waals surface area contributed by atoms with Gasteiger partial charge in [0, 0.05) is 37.3 Å². The largest absolute Gasteiger partial charge is 0.355 e. The lowest BCUT2D eigenvalue weighted by molar-refractivity contribution is 0.613. The van der Waals surface area contributed by atoms with Gasteiger partial charge in [0.05, 0.1) is 5.69 Å². The normalized spacial score (nSPS) is 12.3. The first-order valence-corrected chi connectivity index (χ1v) is 9.37. The molecule has 0 amide bonds. The number of thioether (sulfide) groups is 1. The van der Waals surface area contributed by atoms with E-state index in [0.29, 0.717) is 18.2 Å². The maximum atomic E-state index is 14.4. The van der Waals surface area contributed by atoms with Crippen LogP contribution in [0.15, 0.2) is 35.6 Å². The van der Waals surface area contributed by atoms with Crippen LogP contribution < -0.4 is 10.6 Å². The lowest BCUT2D eigenvalue weighted by atomic mass is 10.2. The average Bonchev–Trinajstić information content (AvgIpc) is 3.01. The van der Waals surface area contributed by atoms with Gasteiger partial charge in [-0.15, -0.1) is 0 Å². The van der Waals surface area contributed by atoms with Crippen molar-refractivity contribution < 1.29 is 4.39 Å². The molecule has 0 aliphatic rings. The van der Waals surface area contributed by atoms with Gasteiger partial charge in [0.25, 0.3) is 0 Å². The van der Waals surface area contributed by atoms with Crippen LogP contribution >= 0.6 is 11.8 Å². The standard InChI is InChI=1S/C18H26FN5S/c1-13-21-8-9-24(13)16-7-6-14(10-15(16)19)11-22-17(20-4)23-12-18(2,3)25-5/h6-10H,11-12H2,1-5H3,(H2,20,22,23). The quantitative estimate of drug-likeness (QED) is 0.612. The fourth-order valence-electron chi connectivity index (χ4n) is 2.26. The van der Waals surface area contributed by atoms with Gasteiger partial charge < -0.3 is 15.2 Å². The van der Waals surface area contributed by atoms with Crippen LogP contribution in [-0.4, -0.2) is 40.1 Å². The molecule has 7 heteroatoms. The summed E-state index contributed by atoms with van der Waals surface area (Å²) in [6.07, 6.45) is 5.51. The predicted octanol–water partition coefficient (Wildman–Crippen LogP) is 3.13. The van der Waals surface area contributed by atoms with E-state index in [1.54, 1.807) is 47.9 Å². The van der Waals surface area contributed by atoms with Crippen molar-refractivity contribution in [1.29, 1.82) is 0 Å². The highest BCUT2D eigenvalue weighted by atomic mass is 32.2. The van der Waals surface area contributed by atoms with E-state index in [0.717, 1.165) is 17.9 Å². The van der Waals surface area contributed by atoms with E-state index in [-0.39, 0.29) is 10.6 Å². The predicted molar refractivity (Wildman–Crippen MR) is 104 cm³/mol. The minimum Gasteiger partial charge on any atom is -0.355 e. The van der Waals surface area contributed by atoms with Crippen molar-refractivity contribution in [1.82, 2.24) is 20.2 Å². The topological polar surface area (TPSA) is 54.2 Å². The fraction of sp³-hybridized carbons (Fsp3) is 0.444. The molecule has 1 heterocycles. The molecule has 0 fully saturated rings. The average molecular weight is 364 g/mol. The molecule has 25 heavy (non-hydrogen) atoms. The Morgan fingerprint density at radius 1 is 1.36 bits per heavy atom. The van der Waals surface area contributed by atoms with Crippen LogP contribution in [-0.2, 0) is 6.54 Å². The maximum Gasteiger partial charge on any atom is 0.191 e. The van der Waals surface area contributed by atoms with Gasteiger partial charge in [-0.2, -0.15) is 11.8 Å². The Balaban J connectivity index is 1.99. The van der Waals surface area contributed by atoms with Crippen molar-refractivity contribution in [2.45, 2.75) is 32.1 Å². The van der Waals surface area contributed by atoms with Crippen LogP contribution in [0.1, 0.15) is 25.2 Å². The number of aliphatic imine (C=N–C) groups is 1. The summed E-state index contributed by atoms with van der Waals surface area (Å²) >= 11 is 1.80. The van der Waals surface area contributed by atoms with Gasteiger partial charge in [-0.05, 0) is 44.7 Å². The second-order valence-corrected chi connectivity index (χ2v) is 7.89. The number of nitrogens with one attached hydrogen (secondary N) is 2.